The van der Waals surface area contributed by atoms with Crippen LogP contribution in [-0.4, -0.2) is 63.2 Å². The van der Waals surface area contributed by atoms with Crippen molar-refractivity contribution < 1.29 is 38.1 Å². The Morgan fingerprint density at radius 2 is 1.56 bits per heavy atom. The molecule has 1 saturated heterocycles. The molecule has 1 aliphatic heterocycles. The van der Waals surface area contributed by atoms with Gasteiger partial charge in [-0.05, 0) is 24.3 Å². The van der Waals surface area contributed by atoms with Crippen LogP contribution >= 0.6 is 0 Å². The zero-order chi connectivity index (χ0) is 24.7. The standard InChI is InChI=1S/C23H25N3O8/c1-31-16-8-5-4-7-15(16)24-19(27)13-34-23(30)14-11-20(28)26(12-14)25-22(29)21-17(32-2)9-6-10-18(21)33-3/h4-10,14H,11-13H2,1-3H3,(H,24,27)(H,25,29)/t14-/m0/s1. The van der Waals surface area contributed by atoms with Crippen molar-refractivity contribution >= 4 is 29.4 Å². The lowest BCUT2D eigenvalue weighted by molar-refractivity contribution is -0.151. The number of anilines is 1. The van der Waals surface area contributed by atoms with E-state index in [4.69, 9.17) is 18.9 Å². The van der Waals surface area contributed by atoms with Gasteiger partial charge in [0, 0.05) is 6.42 Å². The zero-order valence-electron chi connectivity index (χ0n) is 19.0. The van der Waals surface area contributed by atoms with Crippen molar-refractivity contribution in [2.24, 2.45) is 5.92 Å². The number of amides is 3. The number of methoxy groups -OCH3 is 3. The van der Waals surface area contributed by atoms with E-state index in [1.165, 1.54) is 21.3 Å². The van der Waals surface area contributed by atoms with Crippen LogP contribution < -0.4 is 25.0 Å². The maximum Gasteiger partial charge on any atom is 0.311 e. The molecule has 34 heavy (non-hydrogen) atoms. The lowest BCUT2D eigenvalue weighted by Gasteiger charge is -2.19. The molecule has 1 heterocycles. The first-order chi connectivity index (χ1) is 16.4. The zero-order valence-corrected chi connectivity index (χ0v) is 19.0. The molecule has 3 amide bonds. The molecule has 2 aromatic carbocycles. The van der Waals surface area contributed by atoms with Gasteiger partial charge in [0.1, 0.15) is 22.8 Å². The maximum atomic E-state index is 12.8. The third-order valence-corrected chi connectivity index (χ3v) is 5.08. The molecular formula is C23H25N3O8. The summed E-state index contributed by atoms with van der Waals surface area (Å²) in [7, 11) is 4.28. The minimum Gasteiger partial charge on any atom is -0.496 e. The highest BCUT2D eigenvalue weighted by molar-refractivity contribution is 6.01. The summed E-state index contributed by atoms with van der Waals surface area (Å²) in [6.07, 6.45) is -0.170. The van der Waals surface area contributed by atoms with Gasteiger partial charge >= 0.3 is 5.97 Å². The number of carbonyl (C=O) groups is 4. The van der Waals surface area contributed by atoms with E-state index < -0.39 is 36.2 Å². The van der Waals surface area contributed by atoms with Gasteiger partial charge in [-0.1, -0.05) is 18.2 Å². The lowest BCUT2D eigenvalue weighted by Crippen LogP contribution is -2.43. The lowest BCUT2D eigenvalue weighted by atomic mass is 10.1. The van der Waals surface area contributed by atoms with Gasteiger partial charge in [0.2, 0.25) is 5.91 Å². The minimum atomic E-state index is -0.841. The normalized spacial score (nSPS) is 14.9. The van der Waals surface area contributed by atoms with E-state index in [0.717, 1.165) is 5.01 Å². The second-order valence-electron chi connectivity index (χ2n) is 7.24. The first-order valence-corrected chi connectivity index (χ1v) is 10.3. The van der Waals surface area contributed by atoms with E-state index in [9.17, 15) is 19.2 Å². The van der Waals surface area contributed by atoms with Gasteiger partial charge in [0.05, 0.1) is 39.5 Å². The number of para-hydroxylation sites is 2. The summed E-state index contributed by atoms with van der Waals surface area (Å²) < 4.78 is 20.6. The molecule has 0 spiro atoms. The largest absolute Gasteiger partial charge is 0.496 e. The van der Waals surface area contributed by atoms with Gasteiger partial charge in [0.15, 0.2) is 6.61 Å². The molecule has 0 radical (unpaired) electrons. The molecule has 11 heteroatoms. The summed E-state index contributed by atoms with van der Waals surface area (Å²) in [5, 5.41) is 3.63. The second-order valence-corrected chi connectivity index (χ2v) is 7.24. The van der Waals surface area contributed by atoms with E-state index in [1.807, 2.05) is 0 Å². The summed E-state index contributed by atoms with van der Waals surface area (Å²) in [4.78, 5) is 49.7. The number of esters is 1. The third-order valence-electron chi connectivity index (χ3n) is 5.08. The Morgan fingerprint density at radius 3 is 2.21 bits per heavy atom. The fourth-order valence-electron chi connectivity index (χ4n) is 3.42. The topological polar surface area (TPSA) is 132 Å². The predicted octanol–water partition coefficient (Wildman–Crippen LogP) is 1.39. The number of nitrogens with one attached hydrogen (secondary N) is 2. The predicted molar refractivity (Wildman–Crippen MR) is 119 cm³/mol. The summed E-state index contributed by atoms with van der Waals surface area (Å²) in [5.74, 6) is -2.24. The Hall–Kier alpha value is -4.28. The third kappa shape index (κ3) is 5.55. The summed E-state index contributed by atoms with van der Waals surface area (Å²) in [6, 6.07) is 11.6. The monoisotopic (exact) mass is 471 g/mol. The number of nitrogens with zero attached hydrogens (tertiary/aromatic N) is 1. The van der Waals surface area contributed by atoms with Crippen molar-refractivity contribution in [3.05, 3.63) is 48.0 Å². The van der Waals surface area contributed by atoms with Crippen LogP contribution in [0.1, 0.15) is 16.8 Å². The number of ether oxygens (including phenoxy) is 4. The number of hydrogen-bond donors (Lipinski definition) is 2. The average molecular weight is 471 g/mol. The Kier molecular flexibility index (Phi) is 7.91. The van der Waals surface area contributed by atoms with Crippen molar-refractivity contribution in [2.75, 3.05) is 39.8 Å². The molecule has 3 rings (SSSR count). The minimum absolute atomic E-state index is 0.102. The van der Waals surface area contributed by atoms with E-state index in [1.54, 1.807) is 42.5 Å². The van der Waals surface area contributed by atoms with Gasteiger partial charge in [0.25, 0.3) is 11.8 Å². The molecule has 1 fully saturated rings. The van der Waals surface area contributed by atoms with Crippen LogP contribution in [-0.2, 0) is 19.1 Å². The van der Waals surface area contributed by atoms with Crippen molar-refractivity contribution in [1.82, 2.24) is 10.4 Å². The van der Waals surface area contributed by atoms with E-state index in [0.29, 0.717) is 11.4 Å². The van der Waals surface area contributed by atoms with E-state index in [-0.39, 0.29) is 30.0 Å². The summed E-state index contributed by atoms with van der Waals surface area (Å²) in [5.41, 5.74) is 3.02. The van der Waals surface area contributed by atoms with Crippen LogP contribution in [0.2, 0.25) is 0 Å². The Bertz CT molecular complexity index is 1070. The van der Waals surface area contributed by atoms with Gasteiger partial charge in [-0.15, -0.1) is 0 Å². The SMILES string of the molecule is COc1ccccc1NC(=O)COC(=O)[C@H]1CC(=O)N(NC(=O)c2c(OC)cccc2OC)C1. The maximum absolute atomic E-state index is 12.8. The van der Waals surface area contributed by atoms with Crippen molar-refractivity contribution in [1.29, 1.82) is 0 Å². The second kappa shape index (κ2) is 11.0. The molecule has 2 aromatic rings. The van der Waals surface area contributed by atoms with Crippen LogP contribution in [0.25, 0.3) is 0 Å². The molecule has 1 aliphatic rings. The quantitative estimate of drug-likeness (QED) is 0.525. The van der Waals surface area contributed by atoms with Gasteiger partial charge in [-0.2, -0.15) is 0 Å². The molecule has 0 unspecified atom stereocenters. The van der Waals surface area contributed by atoms with Gasteiger partial charge in [-0.25, -0.2) is 0 Å². The van der Waals surface area contributed by atoms with Crippen LogP contribution in [0, 0.1) is 5.92 Å². The number of benzene rings is 2. The number of carbonyl (C=O) groups excluding carboxylic acids is 4. The molecule has 0 aromatic heterocycles. The molecule has 11 nitrogen and oxygen atoms in total. The number of hydrazine groups is 1. The van der Waals surface area contributed by atoms with Crippen molar-refractivity contribution in [3.63, 3.8) is 0 Å². The van der Waals surface area contributed by atoms with Crippen molar-refractivity contribution in [2.45, 2.75) is 6.42 Å². The number of rotatable bonds is 9. The highest BCUT2D eigenvalue weighted by Gasteiger charge is 2.37. The summed E-state index contributed by atoms with van der Waals surface area (Å²) >= 11 is 0. The van der Waals surface area contributed by atoms with Crippen LogP contribution in [0.15, 0.2) is 42.5 Å². The first kappa shape index (κ1) is 24.4. The Labute approximate surface area is 195 Å². The fraction of sp³-hybridized carbons (Fsp3) is 0.304. The molecule has 180 valence electrons. The molecule has 1 atom stereocenters. The van der Waals surface area contributed by atoms with E-state index in [2.05, 4.69) is 10.7 Å². The smallest absolute Gasteiger partial charge is 0.311 e. The van der Waals surface area contributed by atoms with Crippen LogP contribution in [0.5, 0.6) is 17.2 Å². The molecule has 0 saturated carbocycles. The Morgan fingerprint density at radius 1 is 0.941 bits per heavy atom. The molecule has 0 bridgehead atoms. The average Bonchev–Trinajstić information content (AvgIpc) is 3.22. The molecular weight excluding hydrogens is 446 g/mol. The highest BCUT2D eigenvalue weighted by atomic mass is 16.5. The van der Waals surface area contributed by atoms with E-state index >= 15 is 0 Å². The van der Waals surface area contributed by atoms with Crippen LogP contribution in [0.4, 0.5) is 5.69 Å². The fourth-order valence-corrected chi connectivity index (χ4v) is 3.42. The molecule has 2 N–H and O–H groups in total. The number of hydrogen-bond acceptors (Lipinski definition) is 8. The van der Waals surface area contributed by atoms with Crippen LogP contribution in [0.3, 0.4) is 0 Å². The van der Waals surface area contributed by atoms with Crippen molar-refractivity contribution in [3.8, 4) is 17.2 Å². The first-order valence-electron chi connectivity index (χ1n) is 10.3. The van der Waals surface area contributed by atoms with Gasteiger partial charge in [-0.3, -0.25) is 29.6 Å². The molecule has 0 aliphatic carbocycles. The summed E-state index contributed by atoms with van der Waals surface area (Å²) in [6.45, 7) is -0.638. The Balaban J connectivity index is 1.55. The highest BCUT2D eigenvalue weighted by Crippen LogP contribution is 2.28. The van der Waals surface area contributed by atoms with Gasteiger partial charge < -0.3 is 24.3 Å².